The van der Waals surface area contributed by atoms with Gasteiger partial charge in [-0.3, -0.25) is 9.21 Å². The molecular formula is C43H42N6O6S. The van der Waals surface area contributed by atoms with Crippen molar-refractivity contribution in [3.63, 3.8) is 0 Å². The maximum atomic E-state index is 12.2. The maximum Gasteiger partial charge on any atom is 0.414 e. The molecule has 0 spiro atoms. The average Bonchev–Trinajstić information content (AvgIpc) is 3.98. The second kappa shape index (κ2) is 15.7. The van der Waals surface area contributed by atoms with Crippen molar-refractivity contribution in [3.05, 3.63) is 96.1 Å². The van der Waals surface area contributed by atoms with Crippen LogP contribution in [0.25, 0.3) is 44.3 Å². The summed E-state index contributed by atoms with van der Waals surface area (Å²) in [5, 5.41) is 21.5. The number of cyclic esters (lactones) is 1. The van der Waals surface area contributed by atoms with Crippen molar-refractivity contribution >= 4 is 49.3 Å². The van der Waals surface area contributed by atoms with Gasteiger partial charge in [-0.25, -0.2) is 13.2 Å². The monoisotopic (exact) mass is 770 g/mol. The van der Waals surface area contributed by atoms with E-state index in [0.29, 0.717) is 49.5 Å². The fraction of sp³-hybridized carbons (Fsp3) is 0.279. The average molecular weight is 771 g/mol. The highest BCUT2D eigenvalue weighted by Crippen LogP contribution is 2.38. The third kappa shape index (κ3) is 6.75. The minimum atomic E-state index is -3.21. The normalized spacial score (nSPS) is 14.6. The number of ether oxygens (including phenoxy) is 3. The van der Waals surface area contributed by atoms with E-state index in [4.69, 9.17) is 14.2 Å². The minimum absolute atomic E-state index is 0.194. The van der Waals surface area contributed by atoms with Crippen LogP contribution in [0.5, 0.6) is 11.5 Å². The topological polar surface area (TPSA) is 143 Å². The molecule has 2 fully saturated rings. The lowest BCUT2D eigenvalue weighted by atomic mass is 10.0. The predicted octanol–water partition coefficient (Wildman–Crippen LogP) is 8.30. The van der Waals surface area contributed by atoms with Crippen LogP contribution < -0.4 is 18.7 Å². The molecule has 0 aliphatic carbocycles. The standard InChI is InChI=1S/C22H23N3O3S.C21H19N3O3/c1-3-11-24-21-14-18(28-2)9-10-19(21)20(15-23)22(24)16-5-7-17(8-6-16)25-12-4-13-29(25,26)27;1-3-23-19-12-16(26-2)7-8-17(19)18(13-22)20(23)14-5-4-6-15(11-14)24-9-10-27-21(24)25/h5-10,14H,3-4,11-13H2,1-2H3;4-8,11-12H,3,9-10H2,1-2H3. The predicted molar refractivity (Wildman–Crippen MR) is 218 cm³/mol. The van der Waals surface area contributed by atoms with Gasteiger partial charge in [0.25, 0.3) is 0 Å². The molecule has 8 rings (SSSR count). The first-order valence-corrected chi connectivity index (χ1v) is 20.1. The van der Waals surface area contributed by atoms with Crippen molar-refractivity contribution in [1.82, 2.24) is 9.13 Å². The third-order valence-corrected chi connectivity index (χ3v) is 12.1. The van der Waals surface area contributed by atoms with E-state index in [1.165, 1.54) is 4.31 Å². The molecule has 0 radical (unpaired) electrons. The molecule has 13 heteroatoms. The van der Waals surface area contributed by atoms with Gasteiger partial charge in [-0.2, -0.15) is 10.5 Å². The molecule has 2 aliphatic rings. The second-order valence-electron chi connectivity index (χ2n) is 13.4. The number of methoxy groups -OCH3 is 2. The number of benzene rings is 4. The van der Waals surface area contributed by atoms with Gasteiger partial charge in [0.2, 0.25) is 10.0 Å². The SMILES string of the molecule is CCCn1c(-c2ccc(N3CCCS3(=O)=O)cc2)c(C#N)c2ccc(OC)cc21.CCn1c(-c2cccc(N3CCOC3=O)c2)c(C#N)c2ccc(OC)cc21. The largest absolute Gasteiger partial charge is 0.497 e. The maximum absolute atomic E-state index is 12.2. The molecular weight excluding hydrogens is 729 g/mol. The van der Waals surface area contributed by atoms with Crippen LogP contribution in [0.3, 0.4) is 0 Å². The molecule has 0 atom stereocenters. The molecule has 1 amide bonds. The van der Waals surface area contributed by atoms with Crippen molar-refractivity contribution in [2.75, 3.05) is 48.9 Å². The van der Waals surface area contributed by atoms with Crippen molar-refractivity contribution in [2.45, 2.75) is 39.8 Å². The van der Waals surface area contributed by atoms with Gasteiger partial charge in [0.05, 0.1) is 65.8 Å². The molecule has 56 heavy (non-hydrogen) atoms. The minimum Gasteiger partial charge on any atom is -0.497 e. The Labute approximate surface area is 326 Å². The fourth-order valence-electron chi connectivity index (χ4n) is 7.69. The highest BCUT2D eigenvalue weighted by Gasteiger charge is 2.29. The van der Waals surface area contributed by atoms with Crippen LogP contribution >= 0.6 is 0 Å². The van der Waals surface area contributed by atoms with Crippen LogP contribution in [0.2, 0.25) is 0 Å². The Morgan fingerprint density at radius 1 is 0.750 bits per heavy atom. The van der Waals surface area contributed by atoms with Crippen molar-refractivity contribution in [2.24, 2.45) is 0 Å². The van der Waals surface area contributed by atoms with Crippen molar-refractivity contribution in [3.8, 4) is 46.2 Å². The van der Waals surface area contributed by atoms with Gasteiger partial charge in [0.15, 0.2) is 0 Å². The smallest absolute Gasteiger partial charge is 0.414 e. The summed E-state index contributed by atoms with van der Waals surface area (Å²) >= 11 is 0. The highest BCUT2D eigenvalue weighted by molar-refractivity contribution is 7.93. The molecule has 0 unspecified atom stereocenters. The number of rotatable bonds is 9. The van der Waals surface area contributed by atoms with Gasteiger partial charge in [-0.05, 0) is 73.9 Å². The summed E-state index contributed by atoms with van der Waals surface area (Å²) in [6, 6.07) is 31.3. The first-order chi connectivity index (χ1) is 27.2. The van der Waals surface area contributed by atoms with Gasteiger partial charge in [0, 0.05) is 53.8 Å². The summed E-state index contributed by atoms with van der Waals surface area (Å²) in [6.45, 7) is 7.05. The molecule has 4 aromatic carbocycles. The first-order valence-electron chi connectivity index (χ1n) is 18.5. The second-order valence-corrected chi connectivity index (χ2v) is 15.5. The summed E-state index contributed by atoms with van der Waals surface area (Å²) in [4.78, 5) is 13.5. The molecule has 2 aliphatic heterocycles. The van der Waals surface area contributed by atoms with Gasteiger partial charge in [-0.1, -0.05) is 31.2 Å². The molecule has 286 valence electrons. The Morgan fingerprint density at radius 2 is 1.38 bits per heavy atom. The number of carbonyl (C=O) groups is 1. The molecule has 0 saturated carbocycles. The molecule has 12 nitrogen and oxygen atoms in total. The zero-order valence-corrected chi connectivity index (χ0v) is 32.6. The quantitative estimate of drug-likeness (QED) is 0.143. The van der Waals surface area contributed by atoms with Crippen LogP contribution in [0.15, 0.2) is 84.9 Å². The number of nitriles is 2. The Kier molecular flexibility index (Phi) is 10.6. The summed E-state index contributed by atoms with van der Waals surface area (Å²) in [6.07, 6.45) is 1.23. The Balaban J connectivity index is 0.000000172. The Bertz CT molecular complexity index is 2650. The zero-order chi connectivity index (χ0) is 39.6. The van der Waals surface area contributed by atoms with Crippen LogP contribution in [0.1, 0.15) is 37.8 Å². The lowest BCUT2D eigenvalue weighted by Gasteiger charge is -2.17. The molecule has 0 bridgehead atoms. The Morgan fingerprint density at radius 3 is 1.89 bits per heavy atom. The summed E-state index contributed by atoms with van der Waals surface area (Å²) in [5.74, 6) is 1.69. The fourth-order valence-corrected chi connectivity index (χ4v) is 9.25. The van der Waals surface area contributed by atoms with Gasteiger partial charge >= 0.3 is 6.09 Å². The number of nitrogens with zero attached hydrogens (tertiary/aromatic N) is 6. The van der Waals surface area contributed by atoms with Gasteiger partial charge in [0.1, 0.15) is 30.2 Å². The van der Waals surface area contributed by atoms with Crippen LogP contribution in [-0.4, -0.2) is 63.3 Å². The lowest BCUT2D eigenvalue weighted by Crippen LogP contribution is -2.24. The molecule has 4 heterocycles. The van der Waals surface area contributed by atoms with Gasteiger partial charge < -0.3 is 23.3 Å². The van der Waals surface area contributed by atoms with E-state index in [2.05, 4.69) is 28.2 Å². The van der Waals surface area contributed by atoms with E-state index in [1.54, 1.807) is 19.1 Å². The van der Waals surface area contributed by atoms with E-state index in [1.807, 2.05) is 91.9 Å². The lowest BCUT2D eigenvalue weighted by molar-refractivity contribution is 0.181. The van der Waals surface area contributed by atoms with E-state index in [-0.39, 0.29) is 11.8 Å². The van der Waals surface area contributed by atoms with E-state index < -0.39 is 10.0 Å². The summed E-state index contributed by atoms with van der Waals surface area (Å²) < 4.78 is 45.9. The van der Waals surface area contributed by atoms with Gasteiger partial charge in [-0.15, -0.1) is 0 Å². The molecule has 2 aromatic heterocycles. The number of carbonyl (C=O) groups excluding carboxylic acids is 1. The number of hydrogen-bond acceptors (Lipinski definition) is 8. The van der Waals surface area contributed by atoms with Crippen molar-refractivity contribution < 1.29 is 27.4 Å². The third-order valence-electron chi connectivity index (χ3n) is 10.3. The summed E-state index contributed by atoms with van der Waals surface area (Å²) in [7, 11) is 0.0470. The Hall–Kier alpha value is -6.44. The van der Waals surface area contributed by atoms with Crippen LogP contribution in [0, 0.1) is 22.7 Å². The molecule has 6 aromatic rings. The van der Waals surface area contributed by atoms with Crippen LogP contribution in [0.4, 0.5) is 16.2 Å². The number of anilines is 2. The van der Waals surface area contributed by atoms with E-state index >= 15 is 0 Å². The number of aryl methyl sites for hydroxylation is 2. The molecule has 0 N–H and O–H groups in total. The first kappa shape index (κ1) is 37.9. The number of amides is 1. The number of aromatic nitrogens is 2. The van der Waals surface area contributed by atoms with E-state index in [9.17, 15) is 23.7 Å². The number of hydrogen-bond donors (Lipinski definition) is 0. The summed E-state index contributed by atoms with van der Waals surface area (Å²) in [5.41, 5.74) is 8.08. The molecule has 2 saturated heterocycles. The van der Waals surface area contributed by atoms with E-state index in [0.717, 1.165) is 74.5 Å². The highest BCUT2D eigenvalue weighted by atomic mass is 32.2. The number of fused-ring (bicyclic) bond motifs is 2. The van der Waals surface area contributed by atoms with Crippen LogP contribution in [-0.2, 0) is 27.8 Å². The zero-order valence-electron chi connectivity index (χ0n) is 31.8. The van der Waals surface area contributed by atoms with Crippen molar-refractivity contribution in [1.29, 1.82) is 10.5 Å². The number of sulfonamides is 1.